The van der Waals surface area contributed by atoms with Crippen LogP contribution in [0.1, 0.15) is 25.0 Å². The van der Waals surface area contributed by atoms with Crippen molar-refractivity contribution in [2.75, 3.05) is 0 Å². The Morgan fingerprint density at radius 1 is 0.475 bits per heavy atom. The van der Waals surface area contributed by atoms with E-state index in [-0.39, 0.29) is 5.41 Å². The van der Waals surface area contributed by atoms with Crippen LogP contribution in [0.15, 0.2) is 127 Å². The fourth-order valence-electron chi connectivity index (χ4n) is 7.50. The molecule has 7 aromatic carbocycles. The van der Waals surface area contributed by atoms with E-state index in [1.807, 2.05) is 0 Å². The van der Waals surface area contributed by atoms with Crippen molar-refractivity contribution < 1.29 is 0 Å². The average molecular weight is 510 g/mol. The fraction of sp³-hybridized carbons (Fsp3) is 0.0769. The second kappa shape index (κ2) is 7.61. The lowest BCUT2D eigenvalue weighted by molar-refractivity contribution is 0.645. The van der Waals surface area contributed by atoms with E-state index in [2.05, 4.69) is 146 Å². The van der Waals surface area contributed by atoms with E-state index in [4.69, 9.17) is 0 Å². The molecule has 0 amide bonds. The summed E-state index contributed by atoms with van der Waals surface area (Å²) in [4.78, 5) is 0. The van der Waals surface area contributed by atoms with E-state index in [1.165, 1.54) is 82.1 Å². The maximum atomic E-state index is 2.48. The summed E-state index contributed by atoms with van der Waals surface area (Å²) in [5.41, 5.74) is 9.18. The van der Waals surface area contributed by atoms with Crippen LogP contribution in [0.2, 0.25) is 0 Å². The van der Waals surface area contributed by atoms with Gasteiger partial charge in [-0.1, -0.05) is 117 Å². The molecule has 1 heterocycles. The topological polar surface area (TPSA) is 4.93 Å². The smallest absolute Gasteiger partial charge is 0.0553 e. The van der Waals surface area contributed by atoms with Crippen LogP contribution in [0.5, 0.6) is 0 Å². The highest BCUT2D eigenvalue weighted by molar-refractivity contribution is 6.24. The fourth-order valence-corrected chi connectivity index (χ4v) is 7.50. The van der Waals surface area contributed by atoms with Crippen LogP contribution in [-0.2, 0) is 5.41 Å². The highest BCUT2D eigenvalue weighted by atomic mass is 15.0. The zero-order valence-corrected chi connectivity index (χ0v) is 22.6. The minimum Gasteiger partial charge on any atom is -0.309 e. The molecule has 0 atom stereocenters. The molecule has 0 aliphatic heterocycles. The molecule has 0 saturated heterocycles. The van der Waals surface area contributed by atoms with E-state index in [0.29, 0.717) is 0 Å². The van der Waals surface area contributed by atoms with Gasteiger partial charge in [0.15, 0.2) is 0 Å². The summed E-state index contributed by atoms with van der Waals surface area (Å²) in [5.74, 6) is 0. The third-order valence-corrected chi connectivity index (χ3v) is 9.33. The highest BCUT2D eigenvalue weighted by Gasteiger charge is 2.35. The van der Waals surface area contributed by atoms with Crippen molar-refractivity contribution in [2.45, 2.75) is 19.3 Å². The van der Waals surface area contributed by atoms with Crippen LogP contribution < -0.4 is 0 Å². The molecule has 1 aliphatic rings. The van der Waals surface area contributed by atoms with Crippen LogP contribution in [0.4, 0.5) is 0 Å². The molecule has 40 heavy (non-hydrogen) atoms. The summed E-state index contributed by atoms with van der Waals surface area (Å²) in [6.45, 7) is 4.74. The molecule has 188 valence electrons. The molecule has 1 heteroatoms. The Morgan fingerprint density at radius 3 is 2.10 bits per heavy atom. The quantitative estimate of drug-likeness (QED) is 0.194. The molecule has 8 aromatic rings. The van der Waals surface area contributed by atoms with E-state index < -0.39 is 0 Å². The Bertz CT molecular complexity index is 2350. The summed E-state index contributed by atoms with van der Waals surface area (Å²) in [6, 6.07) is 47.4. The molecular weight excluding hydrogens is 482 g/mol. The molecule has 0 bridgehead atoms. The molecule has 0 saturated carbocycles. The van der Waals surface area contributed by atoms with Gasteiger partial charge >= 0.3 is 0 Å². The molecule has 9 rings (SSSR count). The first-order chi connectivity index (χ1) is 19.6. The first kappa shape index (κ1) is 22.0. The number of hydrogen-bond donors (Lipinski definition) is 0. The van der Waals surface area contributed by atoms with Gasteiger partial charge in [-0.05, 0) is 73.3 Å². The van der Waals surface area contributed by atoms with E-state index in [1.54, 1.807) is 0 Å². The predicted molar refractivity (Wildman–Crippen MR) is 171 cm³/mol. The summed E-state index contributed by atoms with van der Waals surface area (Å²) in [6.07, 6.45) is 0. The Hall–Kier alpha value is -4.88. The van der Waals surface area contributed by atoms with Crippen LogP contribution in [0.25, 0.3) is 70.9 Å². The molecule has 1 aliphatic carbocycles. The maximum absolute atomic E-state index is 2.48. The van der Waals surface area contributed by atoms with Crippen LogP contribution in [-0.4, -0.2) is 4.57 Å². The molecular formula is C39H27N. The van der Waals surface area contributed by atoms with Crippen LogP contribution in [0, 0.1) is 0 Å². The minimum atomic E-state index is -0.0593. The molecule has 1 nitrogen and oxygen atoms in total. The van der Waals surface area contributed by atoms with E-state index >= 15 is 0 Å². The van der Waals surface area contributed by atoms with Crippen molar-refractivity contribution in [3.8, 4) is 16.8 Å². The van der Waals surface area contributed by atoms with Crippen molar-refractivity contribution in [1.29, 1.82) is 0 Å². The third kappa shape index (κ3) is 2.72. The molecule has 0 unspecified atom stereocenters. The van der Waals surface area contributed by atoms with E-state index in [0.717, 1.165) is 0 Å². The largest absolute Gasteiger partial charge is 0.309 e. The molecule has 0 radical (unpaired) electrons. The Kier molecular flexibility index (Phi) is 4.18. The summed E-state index contributed by atoms with van der Waals surface area (Å²) >= 11 is 0. The summed E-state index contributed by atoms with van der Waals surface area (Å²) < 4.78 is 2.48. The Balaban J connectivity index is 1.46. The summed E-state index contributed by atoms with van der Waals surface area (Å²) in [5, 5.41) is 10.5. The lowest BCUT2D eigenvalue weighted by atomic mass is 9.68. The average Bonchev–Trinajstić information content (AvgIpc) is 3.32. The minimum absolute atomic E-state index is 0.0593. The summed E-state index contributed by atoms with van der Waals surface area (Å²) in [7, 11) is 0. The van der Waals surface area contributed by atoms with Gasteiger partial charge in [-0.15, -0.1) is 0 Å². The zero-order valence-electron chi connectivity index (χ0n) is 22.6. The lowest BCUT2D eigenvalue weighted by Crippen LogP contribution is -2.23. The van der Waals surface area contributed by atoms with Gasteiger partial charge < -0.3 is 4.57 Å². The van der Waals surface area contributed by atoms with Crippen LogP contribution >= 0.6 is 0 Å². The second-order valence-corrected chi connectivity index (χ2v) is 11.8. The van der Waals surface area contributed by atoms with E-state index in [9.17, 15) is 0 Å². The van der Waals surface area contributed by atoms with Crippen LogP contribution in [0.3, 0.4) is 0 Å². The highest BCUT2D eigenvalue weighted by Crippen LogP contribution is 2.52. The van der Waals surface area contributed by atoms with Gasteiger partial charge in [0.2, 0.25) is 0 Å². The monoisotopic (exact) mass is 509 g/mol. The lowest BCUT2D eigenvalue weighted by Gasteiger charge is -2.35. The number of nitrogens with zero attached hydrogens (tertiary/aromatic N) is 1. The Morgan fingerprint density at radius 2 is 1.18 bits per heavy atom. The van der Waals surface area contributed by atoms with Crippen molar-refractivity contribution in [1.82, 2.24) is 4.57 Å². The maximum Gasteiger partial charge on any atom is 0.0553 e. The van der Waals surface area contributed by atoms with Gasteiger partial charge in [0.1, 0.15) is 0 Å². The molecule has 1 aromatic heterocycles. The first-order valence-corrected chi connectivity index (χ1v) is 14.1. The SMILES string of the molecule is CC1(C)c2ccccc2-c2c3c1cccc3cc1c2c2ccccc2n1-c1ccc2c(ccc3ccccc32)c1. The molecule has 0 spiro atoms. The molecule has 0 N–H and O–H groups in total. The Labute approximate surface area is 232 Å². The van der Waals surface area contributed by atoms with Crippen molar-refractivity contribution in [3.05, 3.63) is 139 Å². The number of benzene rings is 7. The number of aromatic nitrogens is 1. The number of fused-ring (bicyclic) bond motifs is 9. The van der Waals surface area contributed by atoms with Gasteiger partial charge in [0.05, 0.1) is 11.0 Å². The van der Waals surface area contributed by atoms with Crippen molar-refractivity contribution in [2.24, 2.45) is 0 Å². The van der Waals surface area contributed by atoms with Gasteiger partial charge in [-0.2, -0.15) is 0 Å². The number of para-hydroxylation sites is 1. The van der Waals surface area contributed by atoms with Crippen molar-refractivity contribution in [3.63, 3.8) is 0 Å². The molecule has 0 fully saturated rings. The van der Waals surface area contributed by atoms with Gasteiger partial charge in [0.25, 0.3) is 0 Å². The number of rotatable bonds is 1. The van der Waals surface area contributed by atoms with Gasteiger partial charge in [0, 0.05) is 27.4 Å². The number of hydrogen-bond acceptors (Lipinski definition) is 0. The first-order valence-electron chi connectivity index (χ1n) is 14.1. The van der Waals surface area contributed by atoms with Crippen molar-refractivity contribution >= 4 is 54.1 Å². The van der Waals surface area contributed by atoms with Gasteiger partial charge in [-0.3, -0.25) is 0 Å². The normalized spacial score (nSPS) is 13.9. The predicted octanol–water partition coefficient (Wildman–Crippen LogP) is 10.5. The second-order valence-electron chi connectivity index (χ2n) is 11.8. The van der Waals surface area contributed by atoms with Gasteiger partial charge in [-0.25, -0.2) is 0 Å². The zero-order chi connectivity index (χ0) is 26.6. The standard InChI is InChI=1S/C39H27N/c1-39(2)32-15-7-5-13-30(32)38-36-26(11-9-16-33(36)39)23-35-37(38)31-14-6-8-17-34(31)40(35)27-20-21-29-25(22-27)19-18-24-10-3-4-12-28(24)29/h3-23H,1-2H3. The third-order valence-electron chi connectivity index (χ3n) is 9.33.